The Morgan fingerprint density at radius 1 is 1.20 bits per heavy atom. The second-order valence-corrected chi connectivity index (χ2v) is 6.00. The molecule has 1 rings (SSSR count). The third kappa shape index (κ3) is 5.02. The standard InChI is InChI=1S/C16H27NO3/c1-12(17-10-16(2,3)11-18)8-13-6-7-14(19-4)15(9-13)20-5/h6-7,9,12,17-18H,8,10-11H2,1-5H3. The summed E-state index contributed by atoms with van der Waals surface area (Å²) < 4.78 is 10.5. The van der Waals surface area contributed by atoms with E-state index < -0.39 is 0 Å². The largest absolute Gasteiger partial charge is 0.493 e. The molecule has 20 heavy (non-hydrogen) atoms. The van der Waals surface area contributed by atoms with Crippen molar-refractivity contribution in [1.29, 1.82) is 0 Å². The molecule has 0 saturated heterocycles. The van der Waals surface area contributed by atoms with Crippen molar-refractivity contribution >= 4 is 0 Å². The lowest BCUT2D eigenvalue weighted by Gasteiger charge is -2.25. The number of aliphatic hydroxyl groups is 1. The van der Waals surface area contributed by atoms with Gasteiger partial charge in [-0.3, -0.25) is 0 Å². The van der Waals surface area contributed by atoms with Crippen LogP contribution in [0.4, 0.5) is 0 Å². The fraction of sp³-hybridized carbons (Fsp3) is 0.625. The van der Waals surface area contributed by atoms with Crippen molar-refractivity contribution < 1.29 is 14.6 Å². The highest BCUT2D eigenvalue weighted by molar-refractivity contribution is 5.43. The molecule has 2 N–H and O–H groups in total. The van der Waals surface area contributed by atoms with Gasteiger partial charge in [-0.15, -0.1) is 0 Å². The van der Waals surface area contributed by atoms with Gasteiger partial charge < -0.3 is 19.9 Å². The van der Waals surface area contributed by atoms with Crippen LogP contribution < -0.4 is 14.8 Å². The molecular weight excluding hydrogens is 254 g/mol. The van der Waals surface area contributed by atoms with Gasteiger partial charge in [-0.2, -0.15) is 0 Å². The van der Waals surface area contributed by atoms with E-state index in [-0.39, 0.29) is 12.0 Å². The van der Waals surface area contributed by atoms with E-state index in [0.29, 0.717) is 6.04 Å². The van der Waals surface area contributed by atoms with Gasteiger partial charge >= 0.3 is 0 Å². The molecule has 0 aliphatic rings. The predicted molar refractivity (Wildman–Crippen MR) is 81.6 cm³/mol. The van der Waals surface area contributed by atoms with Crippen LogP contribution in [0.5, 0.6) is 11.5 Å². The normalized spacial score (nSPS) is 13.1. The van der Waals surface area contributed by atoms with Crippen LogP contribution in [0.25, 0.3) is 0 Å². The Kier molecular flexibility index (Phi) is 6.30. The minimum Gasteiger partial charge on any atom is -0.493 e. The van der Waals surface area contributed by atoms with Crippen molar-refractivity contribution in [1.82, 2.24) is 5.32 Å². The molecule has 1 atom stereocenters. The Labute approximate surface area is 122 Å². The molecule has 0 aliphatic carbocycles. The maximum atomic E-state index is 9.25. The number of aliphatic hydroxyl groups excluding tert-OH is 1. The van der Waals surface area contributed by atoms with E-state index in [2.05, 4.69) is 18.3 Å². The van der Waals surface area contributed by atoms with Gasteiger partial charge in [-0.05, 0) is 31.0 Å². The third-order valence-corrected chi connectivity index (χ3v) is 3.35. The van der Waals surface area contributed by atoms with Crippen molar-refractivity contribution in [3.05, 3.63) is 23.8 Å². The Bertz CT molecular complexity index is 418. The van der Waals surface area contributed by atoms with Crippen LogP contribution in [0, 0.1) is 5.41 Å². The van der Waals surface area contributed by atoms with Crippen LogP contribution in [-0.2, 0) is 6.42 Å². The second-order valence-electron chi connectivity index (χ2n) is 6.00. The first kappa shape index (κ1) is 16.8. The van der Waals surface area contributed by atoms with Crippen molar-refractivity contribution in [2.45, 2.75) is 33.2 Å². The summed E-state index contributed by atoms with van der Waals surface area (Å²) in [5, 5.41) is 12.7. The minimum absolute atomic E-state index is 0.0914. The second kappa shape index (κ2) is 7.50. The molecule has 0 saturated carbocycles. The van der Waals surface area contributed by atoms with E-state index in [0.717, 1.165) is 24.5 Å². The molecule has 0 radical (unpaired) electrons. The molecule has 0 spiro atoms. The Balaban J connectivity index is 2.60. The maximum Gasteiger partial charge on any atom is 0.160 e. The quantitative estimate of drug-likeness (QED) is 0.767. The predicted octanol–water partition coefficient (Wildman–Crippen LogP) is 2.24. The first-order valence-electron chi connectivity index (χ1n) is 6.97. The summed E-state index contributed by atoms with van der Waals surface area (Å²) in [6.45, 7) is 7.21. The fourth-order valence-electron chi connectivity index (χ4n) is 1.94. The van der Waals surface area contributed by atoms with Crippen molar-refractivity contribution in [3.8, 4) is 11.5 Å². The van der Waals surface area contributed by atoms with Crippen molar-refractivity contribution in [2.24, 2.45) is 5.41 Å². The lowest BCUT2D eigenvalue weighted by atomic mass is 9.94. The molecule has 0 aliphatic heterocycles. The molecular formula is C16H27NO3. The van der Waals surface area contributed by atoms with Gasteiger partial charge in [0.2, 0.25) is 0 Å². The van der Waals surface area contributed by atoms with Crippen LogP contribution >= 0.6 is 0 Å². The summed E-state index contributed by atoms with van der Waals surface area (Å²) in [6.07, 6.45) is 0.905. The fourth-order valence-corrected chi connectivity index (χ4v) is 1.94. The lowest BCUT2D eigenvalue weighted by Crippen LogP contribution is -2.38. The molecule has 0 bridgehead atoms. The summed E-state index contributed by atoms with van der Waals surface area (Å²) in [6, 6.07) is 6.32. The van der Waals surface area contributed by atoms with Gasteiger partial charge in [-0.25, -0.2) is 0 Å². The van der Waals surface area contributed by atoms with E-state index in [1.807, 2.05) is 26.0 Å². The summed E-state index contributed by atoms with van der Waals surface area (Å²) in [7, 11) is 3.28. The topological polar surface area (TPSA) is 50.7 Å². The number of benzene rings is 1. The molecule has 1 aromatic carbocycles. The molecule has 4 nitrogen and oxygen atoms in total. The monoisotopic (exact) mass is 281 g/mol. The maximum absolute atomic E-state index is 9.25. The van der Waals surface area contributed by atoms with Crippen LogP contribution in [-0.4, -0.2) is 38.5 Å². The summed E-state index contributed by atoms with van der Waals surface area (Å²) in [5.74, 6) is 1.51. The molecule has 0 heterocycles. The van der Waals surface area contributed by atoms with Gasteiger partial charge in [0.25, 0.3) is 0 Å². The first-order chi connectivity index (χ1) is 9.41. The van der Waals surface area contributed by atoms with Gasteiger partial charge in [0, 0.05) is 24.6 Å². The summed E-state index contributed by atoms with van der Waals surface area (Å²) in [4.78, 5) is 0. The van der Waals surface area contributed by atoms with Gasteiger partial charge in [0.15, 0.2) is 11.5 Å². The molecule has 0 aromatic heterocycles. The van der Waals surface area contributed by atoms with Crippen LogP contribution in [0.2, 0.25) is 0 Å². The summed E-state index contributed by atoms with van der Waals surface area (Å²) in [5.41, 5.74) is 1.11. The van der Waals surface area contributed by atoms with Gasteiger partial charge in [-0.1, -0.05) is 19.9 Å². The van der Waals surface area contributed by atoms with Crippen LogP contribution in [0.15, 0.2) is 18.2 Å². The van der Waals surface area contributed by atoms with E-state index >= 15 is 0 Å². The first-order valence-corrected chi connectivity index (χ1v) is 6.97. The number of hydrogen-bond donors (Lipinski definition) is 2. The van der Waals surface area contributed by atoms with E-state index in [1.165, 1.54) is 5.56 Å². The summed E-state index contributed by atoms with van der Waals surface area (Å²) >= 11 is 0. The minimum atomic E-state index is -0.0914. The zero-order chi connectivity index (χ0) is 15.2. The van der Waals surface area contributed by atoms with E-state index in [9.17, 15) is 5.11 Å². The van der Waals surface area contributed by atoms with Gasteiger partial charge in [0.1, 0.15) is 0 Å². The number of nitrogens with one attached hydrogen (secondary N) is 1. The zero-order valence-corrected chi connectivity index (χ0v) is 13.2. The van der Waals surface area contributed by atoms with Gasteiger partial charge in [0.05, 0.1) is 14.2 Å². The highest BCUT2D eigenvalue weighted by Gasteiger charge is 2.17. The zero-order valence-electron chi connectivity index (χ0n) is 13.2. The average molecular weight is 281 g/mol. The SMILES string of the molecule is COc1ccc(CC(C)NCC(C)(C)CO)cc1OC. The van der Waals surface area contributed by atoms with E-state index in [1.54, 1.807) is 14.2 Å². The molecule has 114 valence electrons. The Hall–Kier alpha value is -1.26. The smallest absolute Gasteiger partial charge is 0.160 e. The molecule has 1 unspecified atom stereocenters. The number of ether oxygens (including phenoxy) is 2. The number of rotatable bonds is 8. The van der Waals surface area contributed by atoms with E-state index in [4.69, 9.17) is 9.47 Å². The Morgan fingerprint density at radius 3 is 2.40 bits per heavy atom. The lowest BCUT2D eigenvalue weighted by molar-refractivity contribution is 0.154. The van der Waals surface area contributed by atoms with Crippen LogP contribution in [0.3, 0.4) is 0 Å². The van der Waals surface area contributed by atoms with Crippen LogP contribution in [0.1, 0.15) is 26.3 Å². The molecule has 1 aromatic rings. The number of methoxy groups -OCH3 is 2. The van der Waals surface area contributed by atoms with Crippen molar-refractivity contribution in [3.63, 3.8) is 0 Å². The highest BCUT2D eigenvalue weighted by Crippen LogP contribution is 2.28. The average Bonchev–Trinajstić information content (AvgIpc) is 2.45. The molecule has 4 heteroatoms. The van der Waals surface area contributed by atoms with Crippen molar-refractivity contribution in [2.75, 3.05) is 27.4 Å². The Morgan fingerprint density at radius 2 is 1.85 bits per heavy atom. The number of hydrogen-bond acceptors (Lipinski definition) is 4. The third-order valence-electron chi connectivity index (χ3n) is 3.35. The highest BCUT2D eigenvalue weighted by atomic mass is 16.5. The molecule has 0 amide bonds. The molecule has 0 fully saturated rings.